The van der Waals surface area contributed by atoms with E-state index in [0.29, 0.717) is 16.5 Å². The molecule has 3 aromatic carbocycles. The maximum atomic E-state index is 13.2. The SMILES string of the molecule is CCc1ccc(OCCNC(=O)CN(c2ccc(Cl)cc2)S(=O)(=O)c2ccccc2)cc1. The van der Waals surface area contributed by atoms with Gasteiger partial charge in [-0.15, -0.1) is 0 Å². The highest BCUT2D eigenvalue weighted by atomic mass is 35.5. The van der Waals surface area contributed by atoms with E-state index in [4.69, 9.17) is 16.3 Å². The van der Waals surface area contributed by atoms with Crippen molar-refractivity contribution < 1.29 is 17.9 Å². The molecular weight excluding hydrogens is 448 g/mol. The smallest absolute Gasteiger partial charge is 0.264 e. The van der Waals surface area contributed by atoms with Crippen molar-refractivity contribution in [2.45, 2.75) is 18.2 Å². The van der Waals surface area contributed by atoms with Gasteiger partial charge in [0.15, 0.2) is 0 Å². The Morgan fingerprint density at radius 2 is 1.62 bits per heavy atom. The van der Waals surface area contributed by atoms with Gasteiger partial charge in [0.25, 0.3) is 10.0 Å². The molecular formula is C24H25ClN2O4S. The largest absolute Gasteiger partial charge is 0.492 e. The number of ether oxygens (including phenoxy) is 1. The van der Waals surface area contributed by atoms with Crippen molar-refractivity contribution in [1.29, 1.82) is 0 Å². The van der Waals surface area contributed by atoms with Gasteiger partial charge in [0, 0.05) is 5.02 Å². The number of rotatable bonds is 10. The Morgan fingerprint density at radius 3 is 2.25 bits per heavy atom. The third-order valence-electron chi connectivity index (χ3n) is 4.76. The van der Waals surface area contributed by atoms with Crippen LogP contribution in [0.25, 0.3) is 0 Å². The number of hydrogen-bond acceptors (Lipinski definition) is 4. The molecule has 32 heavy (non-hydrogen) atoms. The Labute approximate surface area is 193 Å². The van der Waals surface area contributed by atoms with Crippen molar-refractivity contribution in [2.24, 2.45) is 0 Å². The number of aryl methyl sites for hydroxylation is 1. The minimum atomic E-state index is -3.94. The molecule has 3 rings (SSSR count). The zero-order valence-corrected chi connectivity index (χ0v) is 19.3. The Balaban J connectivity index is 1.65. The summed E-state index contributed by atoms with van der Waals surface area (Å²) in [4.78, 5) is 12.7. The summed E-state index contributed by atoms with van der Waals surface area (Å²) in [7, 11) is -3.94. The van der Waals surface area contributed by atoms with Crippen LogP contribution in [0.15, 0.2) is 83.8 Å². The van der Waals surface area contributed by atoms with Crippen LogP contribution in [-0.4, -0.2) is 34.0 Å². The van der Waals surface area contributed by atoms with Crippen LogP contribution in [0.5, 0.6) is 5.75 Å². The molecule has 0 saturated carbocycles. The number of amides is 1. The second-order valence-electron chi connectivity index (χ2n) is 7.00. The van der Waals surface area contributed by atoms with E-state index in [1.54, 1.807) is 42.5 Å². The van der Waals surface area contributed by atoms with Gasteiger partial charge in [0.2, 0.25) is 5.91 Å². The molecule has 1 N–H and O–H groups in total. The number of anilines is 1. The number of carbonyl (C=O) groups excluding carboxylic acids is 1. The van der Waals surface area contributed by atoms with E-state index in [-0.39, 0.29) is 24.6 Å². The van der Waals surface area contributed by atoms with Gasteiger partial charge < -0.3 is 10.1 Å². The maximum Gasteiger partial charge on any atom is 0.264 e. The Bertz CT molecular complexity index is 1120. The topological polar surface area (TPSA) is 75.7 Å². The zero-order chi connectivity index (χ0) is 23.0. The Kier molecular flexibility index (Phi) is 8.14. The second kappa shape index (κ2) is 11.0. The summed E-state index contributed by atoms with van der Waals surface area (Å²) in [5.74, 6) is 0.273. The van der Waals surface area contributed by atoms with Crippen LogP contribution in [0.2, 0.25) is 5.02 Å². The Morgan fingerprint density at radius 1 is 0.969 bits per heavy atom. The number of sulfonamides is 1. The van der Waals surface area contributed by atoms with Crippen LogP contribution < -0.4 is 14.4 Å². The van der Waals surface area contributed by atoms with Gasteiger partial charge in [-0.3, -0.25) is 9.10 Å². The molecule has 0 aliphatic heterocycles. The van der Waals surface area contributed by atoms with E-state index in [0.717, 1.165) is 10.7 Å². The molecule has 0 atom stereocenters. The van der Waals surface area contributed by atoms with Crippen LogP contribution >= 0.6 is 11.6 Å². The summed E-state index contributed by atoms with van der Waals surface area (Å²) in [5.41, 5.74) is 1.56. The molecule has 0 fully saturated rings. The summed E-state index contributed by atoms with van der Waals surface area (Å²) >= 11 is 5.94. The summed E-state index contributed by atoms with van der Waals surface area (Å²) in [5, 5.41) is 3.19. The van der Waals surface area contributed by atoms with Gasteiger partial charge in [-0.1, -0.05) is 48.9 Å². The summed E-state index contributed by atoms with van der Waals surface area (Å²) in [6.07, 6.45) is 0.951. The van der Waals surface area contributed by atoms with Crippen molar-refractivity contribution in [3.8, 4) is 5.75 Å². The van der Waals surface area contributed by atoms with Crippen LogP contribution in [0.1, 0.15) is 12.5 Å². The molecule has 0 aliphatic carbocycles. The highest BCUT2D eigenvalue weighted by Gasteiger charge is 2.27. The second-order valence-corrected chi connectivity index (χ2v) is 9.30. The van der Waals surface area contributed by atoms with Gasteiger partial charge in [-0.25, -0.2) is 8.42 Å². The minimum absolute atomic E-state index is 0.0987. The van der Waals surface area contributed by atoms with Gasteiger partial charge in [0.05, 0.1) is 17.1 Å². The van der Waals surface area contributed by atoms with E-state index in [1.807, 2.05) is 24.3 Å². The summed E-state index contributed by atoms with van der Waals surface area (Å²) in [6, 6.07) is 22.0. The maximum absolute atomic E-state index is 13.2. The lowest BCUT2D eigenvalue weighted by Gasteiger charge is -2.24. The highest BCUT2D eigenvalue weighted by Crippen LogP contribution is 2.25. The van der Waals surface area contributed by atoms with Crippen molar-refractivity contribution in [3.63, 3.8) is 0 Å². The number of nitrogens with one attached hydrogen (secondary N) is 1. The predicted molar refractivity (Wildman–Crippen MR) is 127 cm³/mol. The molecule has 0 saturated heterocycles. The molecule has 0 aromatic heterocycles. The van der Waals surface area contributed by atoms with Crippen LogP contribution in [0.3, 0.4) is 0 Å². The van der Waals surface area contributed by atoms with E-state index >= 15 is 0 Å². The lowest BCUT2D eigenvalue weighted by atomic mass is 10.2. The first-order valence-corrected chi connectivity index (χ1v) is 12.0. The van der Waals surface area contributed by atoms with Crippen LogP contribution in [0, 0.1) is 0 Å². The molecule has 168 valence electrons. The van der Waals surface area contributed by atoms with Gasteiger partial charge in [-0.2, -0.15) is 0 Å². The van der Waals surface area contributed by atoms with Crippen molar-refractivity contribution in [1.82, 2.24) is 5.32 Å². The lowest BCUT2D eigenvalue weighted by Crippen LogP contribution is -2.41. The van der Waals surface area contributed by atoms with E-state index in [1.165, 1.54) is 17.7 Å². The molecule has 6 nitrogen and oxygen atoms in total. The molecule has 0 unspecified atom stereocenters. The van der Waals surface area contributed by atoms with Gasteiger partial charge >= 0.3 is 0 Å². The van der Waals surface area contributed by atoms with Crippen molar-refractivity contribution >= 4 is 33.2 Å². The first-order chi connectivity index (χ1) is 15.4. The number of benzene rings is 3. The molecule has 0 aliphatic rings. The van der Waals surface area contributed by atoms with Crippen LogP contribution in [-0.2, 0) is 21.2 Å². The first-order valence-electron chi connectivity index (χ1n) is 10.2. The number of nitrogens with zero attached hydrogens (tertiary/aromatic N) is 1. The standard InChI is InChI=1S/C24H25ClN2O4S/c1-2-19-8-14-22(15-9-19)31-17-16-26-24(28)18-27(21-12-10-20(25)11-13-21)32(29,30)23-6-4-3-5-7-23/h3-15H,2,16-18H2,1H3,(H,26,28). The third kappa shape index (κ3) is 6.24. The molecule has 0 bridgehead atoms. The van der Waals surface area contributed by atoms with Crippen LogP contribution in [0.4, 0.5) is 5.69 Å². The average Bonchev–Trinajstić information content (AvgIpc) is 2.82. The highest BCUT2D eigenvalue weighted by molar-refractivity contribution is 7.92. The minimum Gasteiger partial charge on any atom is -0.492 e. The van der Waals surface area contributed by atoms with E-state index in [2.05, 4.69) is 12.2 Å². The molecule has 0 heterocycles. The fraction of sp³-hybridized carbons (Fsp3) is 0.208. The fourth-order valence-corrected chi connectivity index (χ4v) is 4.58. The fourth-order valence-electron chi connectivity index (χ4n) is 3.01. The van der Waals surface area contributed by atoms with Crippen molar-refractivity contribution in [2.75, 3.05) is 24.0 Å². The normalized spacial score (nSPS) is 11.1. The summed E-state index contributed by atoms with van der Waals surface area (Å²) in [6.45, 7) is 2.22. The summed E-state index contributed by atoms with van der Waals surface area (Å²) < 4.78 is 33.1. The number of hydrogen-bond donors (Lipinski definition) is 1. The molecule has 0 radical (unpaired) electrons. The zero-order valence-electron chi connectivity index (χ0n) is 17.7. The number of carbonyl (C=O) groups is 1. The van der Waals surface area contributed by atoms with Gasteiger partial charge in [-0.05, 0) is 60.5 Å². The molecule has 0 spiro atoms. The first kappa shape index (κ1) is 23.6. The van der Waals surface area contributed by atoms with Gasteiger partial charge in [0.1, 0.15) is 18.9 Å². The monoisotopic (exact) mass is 472 g/mol. The van der Waals surface area contributed by atoms with Crippen molar-refractivity contribution in [3.05, 3.63) is 89.4 Å². The Hall–Kier alpha value is -3.03. The predicted octanol–water partition coefficient (Wildman–Crippen LogP) is 4.29. The lowest BCUT2D eigenvalue weighted by molar-refractivity contribution is -0.119. The van der Waals surface area contributed by atoms with E-state index < -0.39 is 15.9 Å². The number of halogens is 1. The van der Waals surface area contributed by atoms with E-state index in [9.17, 15) is 13.2 Å². The molecule has 3 aromatic rings. The molecule has 8 heteroatoms. The average molecular weight is 473 g/mol. The quantitative estimate of drug-likeness (QED) is 0.446. The molecule has 1 amide bonds. The third-order valence-corrected chi connectivity index (χ3v) is 6.80.